The number of aliphatic carboxylic acids is 1. The zero-order chi connectivity index (χ0) is 13.7. The van der Waals surface area contributed by atoms with E-state index in [1.54, 1.807) is 5.48 Å². The van der Waals surface area contributed by atoms with Crippen molar-refractivity contribution >= 4 is 40.9 Å². The lowest BCUT2D eigenvalue weighted by Gasteiger charge is -2.08. The van der Waals surface area contributed by atoms with Crippen LogP contribution in [-0.2, 0) is 9.63 Å². The third kappa shape index (κ3) is 4.36. The average Bonchev–Trinajstić information content (AvgIpc) is 2.25. The smallest absolute Gasteiger partial charge is 0.343 e. The predicted molar refractivity (Wildman–Crippen MR) is 62.2 cm³/mol. The van der Waals surface area contributed by atoms with Crippen LogP contribution in [0.1, 0.15) is 0 Å². The minimum atomic E-state index is -1.25. The summed E-state index contributed by atoms with van der Waals surface area (Å²) >= 11 is 11.0. The van der Waals surface area contributed by atoms with Crippen molar-refractivity contribution < 1.29 is 23.9 Å². The summed E-state index contributed by atoms with van der Waals surface area (Å²) < 4.78 is 13.1. The molecule has 0 spiro atoms. The summed E-state index contributed by atoms with van der Waals surface area (Å²) in [5.74, 6) is -2.05. The minimum absolute atomic E-state index is 0.128. The van der Waals surface area contributed by atoms with E-state index in [0.717, 1.165) is 12.1 Å². The molecule has 6 nitrogen and oxygen atoms in total. The number of urea groups is 1. The highest BCUT2D eigenvalue weighted by atomic mass is 35.5. The van der Waals surface area contributed by atoms with Gasteiger partial charge in [0.1, 0.15) is 0 Å². The van der Waals surface area contributed by atoms with Crippen molar-refractivity contribution in [3.8, 4) is 0 Å². The van der Waals surface area contributed by atoms with Crippen LogP contribution in [0.3, 0.4) is 0 Å². The quantitative estimate of drug-likeness (QED) is 0.587. The summed E-state index contributed by atoms with van der Waals surface area (Å²) in [5.41, 5.74) is 1.93. The van der Waals surface area contributed by atoms with Crippen LogP contribution in [0.15, 0.2) is 12.1 Å². The van der Waals surface area contributed by atoms with Gasteiger partial charge in [0, 0.05) is 5.69 Å². The minimum Gasteiger partial charge on any atom is -0.479 e. The molecular formula is C9H7Cl2FN2O4. The Bertz CT molecular complexity index is 461. The van der Waals surface area contributed by atoms with Crippen LogP contribution in [0.2, 0.25) is 10.0 Å². The lowest BCUT2D eigenvalue weighted by Crippen LogP contribution is -2.30. The van der Waals surface area contributed by atoms with E-state index in [9.17, 15) is 14.0 Å². The molecule has 1 aromatic carbocycles. The zero-order valence-corrected chi connectivity index (χ0v) is 10.2. The Labute approximate surface area is 111 Å². The van der Waals surface area contributed by atoms with Crippen molar-refractivity contribution in [2.24, 2.45) is 0 Å². The number of benzene rings is 1. The summed E-state index contributed by atoms with van der Waals surface area (Å²) in [7, 11) is 0. The fraction of sp³-hybridized carbons (Fsp3) is 0.111. The van der Waals surface area contributed by atoms with Gasteiger partial charge in [-0.05, 0) is 12.1 Å². The van der Waals surface area contributed by atoms with Crippen molar-refractivity contribution in [2.45, 2.75) is 0 Å². The monoisotopic (exact) mass is 296 g/mol. The number of carbonyl (C=O) groups is 2. The van der Waals surface area contributed by atoms with Crippen molar-refractivity contribution in [1.82, 2.24) is 5.48 Å². The molecule has 0 radical (unpaired) electrons. The van der Waals surface area contributed by atoms with Gasteiger partial charge in [0.05, 0.1) is 10.0 Å². The molecule has 0 unspecified atom stereocenters. The van der Waals surface area contributed by atoms with Crippen LogP contribution in [0, 0.1) is 5.82 Å². The molecule has 0 aliphatic carbocycles. The van der Waals surface area contributed by atoms with Gasteiger partial charge >= 0.3 is 12.0 Å². The number of rotatable bonds is 4. The van der Waals surface area contributed by atoms with E-state index in [0.29, 0.717) is 0 Å². The molecule has 9 heteroatoms. The van der Waals surface area contributed by atoms with Crippen LogP contribution in [0.5, 0.6) is 0 Å². The van der Waals surface area contributed by atoms with E-state index in [2.05, 4.69) is 10.2 Å². The van der Waals surface area contributed by atoms with Crippen LogP contribution >= 0.6 is 23.2 Å². The molecule has 2 amide bonds. The Kier molecular flexibility index (Phi) is 5.14. The highest BCUT2D eigenvalue weighted by molar-refractivity contribution is 6.35. The number of anilines is 1. The fourth-order valence-corrected chi connectivity index (χ4v) is 1.43. The number of carbonyl (C=O) groups excluding carboxylic acids is 1. The van der Waals surface area contributed by atoms with Crippen LogP contribution < -0.4 is 10.8 Å². The van der Waals surface area contributed by atoms with Gasteiger partial charge in [0.15, 0.2) is 12.4 Å². The standard InChI is InChI=1S/C9H7Cl2FN2O4/c10-5-1-4(2-6(11)8(5)12)13-9(17)14-18-3-7(15)16/h1-2H,3H2,(H,15,16)(H2,13,14,17). The highest BCUT2D eigenvalue weighted by Gasteiger charge is 2.09. The molecule has 0 aromatic heterocycles. The number of hydroxylamine groups is 1. The summed E-state index contributed by atoms with van der Waals surface area (Å²) in [6.45, 7) is -0.696. The van der Waals surface area contributed by atoms with E-state index < -0.39 is 24.4 Å². The Morgan fingerprint density at radius 3 is 2.39 bits per heavy atom. The number of nitrogens with one attached hydrogen (secondary N) is 2. The topological polar surface area (TPSA) is 87.7 Å². The zero-order valence-electron chi connectivity index (χ0n) is 8.67. The number of halogens is 3. The van der Waals surface area contributed by atoms with Crippen molar-refractivity contribution in [1.29, 1.82) is 0 Å². The van der Waals surface area contributed by atoms with Crippen molar-refractivity contribution in [3.05, 3.63) is 28.0 Å². The molecule has 98 valence electrons. The molecular weight excluding hydrogens is 290 g/mol. The van der Waals surface area contributed by atoms with Gasteiger partial charge in [-0.2, -0.15) is 0 Å². The van der Waals surface area contributed by atoms with Gasteiger partial charge in [0.2, 0.25) is 0 Å². The number of carboxylic acid groups (broad SMARTS) is 1. The number of hydrogen-bond donors (Lipinski definition) is 3. The van der Waals surface area contributed by atoms with E-state index in [1.165, 1.54) is 0 Å². The molecule has 18 heavy (non-hydrogen) atoms. The Morgan fingerprint density at radius 2 is 1.89 bits per heavy atom. The van der Waals surface area contributed by atoms with E-state index in [1.807, 2.05) is 0 Å². The maximum Gasteiger partial charge on any atom is 0.343 e. The molecule has 0 heterocycles. The molecule has 1 rings (SSSR count). The second-order valence-corrected chi connectivity index (χ2v) is 3.81. The molecule has 3 N–H and O–H groups in total. The third-order valence-electron chi connectivity index (χ3n) is 1.60. The van der Waals surface area contributed by atoms with Crippen molar-refractivity contribution in [3.63, 3.8) is 0 Å². The molecule has 0 saturated heterocycles. The van der Waals surface area contributed by atoms with Crippen LogP contribution in [-0.4, -0.2) is 23.7 Å². The maximum atomic E-state index is 13.1. The summed E-state index contributed by atoms with van der Waals surface area (Å²) in [5, 5.41) is 9.95. The Balaban J connectivity index is 2.57. The van der Waals surface area contributed by atoms with E-state index in [-0.39, 0.29) is 15.7 Å². The maximum absolute atomic E-state index is 13.1. The third-order valence-corrected chi connectivity index (χ3v) is 2.15. The number of carboxylic acids is 1. The normalized spacial score (nSPS) is 9.94. The van der Waals surface area contributed by atoms with Gasteiger partial charge in [-0.25, -0.2) is 19.5 Å². The second-order valence-electron chi connectivity index (χ2n) is 2.99. The first kappa shape index (κ1) is 14.5. The van der Waals surface area contributed by atoms with Gasteiger partial charge in [-0.1, -0.05) is 23.2 Å². The van der Waals surface area contributed by atoms with Crippen LogP contribution in [0.4, 0.5) is 14.9 Å². The summed E-state index contributed by atoms with van der Waals surface area (Å²) in [6, 6.07) is 1.43. The molecule has 0 saturated carbocycles. The molecule has 0 aliphatic rings. The lowest BCUT2D eigenvalue weighted by atomic mass is 10.3. The molecule has 0 atom stereocenters. The van der Waals surface area contributed by atoms with Crippen LogP contribution in [0.25, 0.3) is 0 Å². The van der Waals surface area contributed by atoms with Gasteiger partial charge in [-0.3, -0.25) is 4.84 Å². The number of hydrogen-bond acceptors (Lipinski definition) is 3. The van der Waals surface area contributed by atoms with E-state index >= 15 is 0 Å². The largest absolute Gasteiger partial charge is 0.479 e. The first-order chi connectivity index (χ1) is 8.40. The number of amides is 2. The lowest BCUT2D eigenvalue weighted by molar-refractivity contribution is -0.143. The molecule has 0 aliphatic heterocycles. The Morgan fingerprint density at radius 1 is 1.33 bits per heavy atom. The molecule has 0 fully saturated rings. The predicted octanol–water partition coefficient (Wildman–Crippen LogP) is 2.27. The van der Waals surface area contributed by atoms with Crippen molar-refractivity contribution in [2.75, 3.05) is 11.9 Å². The molecule has 0 bridgehead atoms. The second kappa shape index (κ2) is 6.39. The highest BCUT2D eigenvalue weighted by Crippen LogP contribution is 2.27. The SMILES string of the molecule is O=C(O)CONC(=O)Nc1cc(Cl)c(F)c(Cl)c1. The van der Waals surface area contributed by atoms with Gasteiger partial charge in [-0.15, -0.1) is 0 Å². The van der Waals surface area contributed by atoms with Gasteiger partial charge in [0.25, 0.3) is 0 Å². The summed E-state index contributed by atoms with van der Waals surface area (Å²) in [4.78, 5) is 25.6. The Hall–Kier alpha value is -1.57. The average molecular weight is 297 g/mol. The molecule has 1 aromatic rings. The first-order valence-corrected chi connectivity index (χ1v) is 5.21. The van der Waals surface area contributed by atoms with E-state index in [4.69, 9.17) is 28.3 Å². The fourth-order valence-electron chi connectivity index (χ4n) is 0.948. The summed E-state index contributed by atoms with van der Waals surface area (Å²) in [6.07, 6.45) is 0. The first-order valence-electron chi connectivity index (χ1n) is 4.45. The van der Waals surface area contributed by atoms with Gasteiger partial charge < -0.3 is 10.4 Å².